The molecule has 0 aromatic rings. The van der Waals surface area contributed by atoms with Gasteiger partial charge >= 0.3 is 5.97 Å². The number of fused-ring (bicyclic) bond motifs is 2. The van der Waals surface area contributed by atoms with E-state index in [1.807, 2.05) is 0 Å². The number of cyclic esters (lactones) is 1. The van der Waals surface area contributed by atoms with E-state index in [-0.39, 0.29) is 43.2 Å². The zero-order chi connectivity index (χ0) is 16.7. The topological polar surface area (TPSA) is 72.8 Å². The normalized spacial score (nSPS) is 33.5. The van der Waals surface area contributed by atoms with Crippen molar-refractivity contribution in [2.24, 2.45) is 0 Å². The molecular weight excluding hydrogens is 296 g/mol. The lowest BCUT2D eigenvalue weighted by atomic mass is 10.00. The molecule has 0 aromatic heterocycles. The highest BCUT2D eigenvalue weighted by molar-refractivity contribution is 5.88. The maximum Gasteiger partial charge on any atom is 0.306 e. The third kappa shape index (κ3) is 5.57. The molecule has 0 aliphatic carbocycles. The molecule has 2 aliphatic heterocycles. The van der Waals surface area contributed by atoms with Gasteiger partial charge in [0, 0.05) is 12.8 Å². The van der Waals surface area contributed by atoms with E-state index in [1.165, 1.54) is 0 Å². The van der Waals surface area contributed by atoms with Gasteiger partial charge in [0.05, 0.1) is 12.5 Å². The standard InChI is InChI=1S/C18H30O5/c1-2-3-5-8-14-9-6-4-7-10-15-13-16(19)18(21,23-15)12-11-17(20)22-14/h14-15,21H,2-13H2,1H3. The Balaban J connectivity index is 1.93. The molecule has 0 aromatic carbocycles. The van der Waals surface area contributed by atoms with Gasteiger partial charge in [-0.15, -0.1) is 0 Å². The van der Waals surface area contributed by atoms with Gasteiger partial charge in [0.1, 0.15) is 6.10 Å². The lowest BCUT2D eigenvalue weighted by Crippen LogP contribution is -2.36. The first-order valence-electron chi connectivity index (χ1n) is 9.16. The molecule has 5 heteroatoms. The Kier molecular flexibility index (Phi) is 7.03. The second kappa shape index (κ2) is 8.78. The Morgan fingerprint density at radius 1 is 1.17 bits per heavy atom. The van der Waals surface area contributed by atoms with E-state index in [2.05, 4.69) is 6.92 Å². The fourth-order valence-electron chi connectivity index (χ4n) is 3.43. The highest BCUT2D eigenvalue weighted by atomic mass is 16.6. The molecule has 2 fully saturated rings. The zero-order valence-electron chi connectivity index (χ0n) is 14.2. The Morgan fingerprint density at radius 2 is 1.96 bits per heavy atom. The minimum atomic E-state index is -1.78. The minimum Gasteiger partial charge on any atom is -0.462 e. The molecule has 0 radical (unpaired) electrons. The van der Waals surface area contributed by atoms with Crippen LogP contribution < -0.4 is 0 Å². The summed E-state index contributed by atoms with van der Waals surface area (Å²) in [6.45, 7) is 2.16. The van der Waals surface area contributed by atoms with Gasteiger partial charge < -0.3 is 14.6 Å². The molecule has 2 heterocycles. The molecule has 1 N–H and O–H groups in total. The second-order valence-corrected chi connectivity index (χ2v) is 6.90. The van der Waals surface area contributed by atoms with Gasteiger partial charge in [-0.1, -0.05) is 32.6 Å². The number of unbranched alkanes of at least 4 members (excludes halogenated alkanes) is 2. The van der Waals surface area contributed by atoms with Gasteiger partial charge in [0.25, 0.3) is 0 Å². The Morgan fingerprint density at radius 3 is 2.74 bits per heavy atom. The van der Waals surface area contributed by atoms with Crippen molar-refractivity contribution in [3.63, 3.8) is 0 Å². The fourth-order valence-corrected chi connectivity index (χ4v) is 3.43. The van der Waals surface area contributed by atoms with Crippen LogP contribution in [0.4, 0.5) is 0 Å². The third-order valence-corrected chi connectivity index (χ3v) is 4.86. The van der Waals surface area contributed by atoms with Crippen LogP contribution in [0.25, 0.3) is 0 Å². The zero-order valence-corrected chi connectivity index (χ0v) is 14.2. The van der Waals surface area contributed by atoms with Crippen LogP contribution in [-0.4, -0.2) is 34.9 Å². The molecule has 0 spiro atoms. The first-order chi connectivity index (χ1) is 11.0. The van der Waals surface area contributed by atoms with Gasteiger partial charge in [-0.2, -0.15) is 0 Å². The quantitative estimate of drug-likeness (QED) is 0.634. The smallest absolute Gasteiger partial charge is 0.306 e. The maximum atomic E-state index is 12.1. The summed E-state index contributed by atoms with van der Waals surface area (Å²) in [5.74, 6) is -2.42. The molecule has 0 saturated carbocycles. The Hall–Kier alpha value is -0.940. The first kappa shape index (κ1) is 18.4. The molecule has 3 atom stereocenters. The predicted octanol–water partition coefficient (Wildman–Crippen LogP) is 3.27. The van der Waals surface area contributed by atoms with Crippen molar-refractivity contribution in [1.82, 2.24) is 0 Å². The fraction of sp³-hybridized carbons (Fsp3) is 0.889. The molecule has 2 aliphatic rings. The lowest BCUT2D eigenvalue weighted by molar-refractivity contribution is -0.200. The van der Waals surface area contributed by atoms with E-state index in [4.69, 9.17) is 9.47 Å². The molecule has 23 heavy (non-hydrogen) atoms. The average molecular weight is 326 g/mol. The molecule has 132 valence electrons. The van der Waals surface area contributed by atoms with Crippen LogP contribution in [0, 0.1) is 0 Å². The molecule has 2 saturated heterocycles. The Labute approximate surface area is 138 Å². The summed E-state index contributed by atoms with van der Waals surface area (Å²) in [7, 11) is 0. The van der Waals surface area contributed by atoms with Crippen molar-refractivity contribution in [3.8, 4) is 0 Å². The van der Waals surface area contributed by atoms with Crippen LogP contribution in [0.2, 0.25) is 0 Å². The number of hydrogen-bond acceptors (Lipinski definition) is 5. The summed E-state index contributed by atoms with van der Waals surface area (Å²) in [5.41, 5.74) is 0. The number of carbonyl (C=O) groups excluding carboxylic acids is 2. The number of ether oxygens (including phenoxy) is 2. The number of aliphatic hydroxyl groups is 1. The molecule has 0 amide bonds. The van der Waals surface area contributed by atoms with Gasteiger partial charge in [0.15, 0.2) is 5.78 Å². The van der Waals surface area contributed by atoms with Gasteiger partial charge in [-0.05, 0) is 32.1 Å². The van der Waals surface area contributed by atoms with E-state index in [0.717, 1.165) is 57.8 Å². The molecule has 5 nitrogen and oxygen atoms in total. The average Bonchev–Trinajstić information content (AvgIpc) is 2.80. The van der Waals surface area contributed by atoms with E-state index < -0.39 is 5.79 Å². The van der Waals surface area contributed by atoms with Crippen LogP contribution in [-0.2, 0) is 19.1 Å². The minimum absolute atomic E-state index is 0.00282. The summed E-state index contributed by atoms with van der Waals surface area (Å²) in [6.07, 6.45) is 9.06. The molecule has 2 rings (SSSR count). The number of rotatable bonds is 4. The first-order valence-corrected chi connectivity index (χ1v) is 9.16. The maximum absolute atomic E-state index is 12.1. The van der Waals surface area contributed by atoms with Crippen molar-refractivity contribution in [2.45, 2.75) is 102 Å². The summed E-state index contributed by atoms with van der Waals surface area (Å²) < 4.78 is 11.1. The van der Waals surface area contributed by atoms with E-state index >= 15 is 0 Å². The lowest BCUT2D eigenvalue weighted by Gasteiger charge is -2.22. The Bertz CT molecular complexity index is 408. The number of Topliss-reactive ketones (excluding diaryl/α,β-unsaturated/α-hetero) is 1. The van der Waals surface area contributed by atoms with E-state index in [0.29, 0.717) is 0 Å². The van der Waals surface area contributed by atoms with Crippen LogP contribution in [0.1, 0.15) is 84.0 Å². The van der Waals surface area contributed by atoms with Crippen molar-refractivity contribution in [3.05, 3.63) is 0 Å². The van der Waals surface area contributed by atoms with Gasteiger partial charge in [-0.3, -0.25) is 9.59 Å². The molecule has 2 bridgehead atoms. The summed E-state index contributed by atoms with van der Waals surface area (Å²) in [6, 6.07) is 0. The summed E-state index contributed by atoms with van der Waals surface area (Å²) in [4.78, 5) is 24.0. The van der Waals surface area contributed by atoms with E-state index in [9.17, 15) is 14.7 Å². The number of ketones is 1. The van der Waals surface area contributed by atoms with Crippen molar-refractivity contribution in [1.29, 1.82) is 0 Å². The van der Waals surface area contributed by atoms with Crippen LogP contribution >= 0.6 is 0 Å². The largest absolute Gasteiger partial charge is 0.462 e. The van der Waals surface area contributed by atoms with Crippen LogP contribution in [0.3, 0.4) is 0 Å². The number of esters is 1. The van der Waals surface area contributed by atoms with E-state index in [1.54, 1.807) is 0 Å². The third-order valence-electron chi connectivity index (χ3n) is 4.86. The monoisotopic (exact) mass is 326 g/mol. The number of carbonyl (C=O) groups is 2. The van der Waals surface area contributed by atoms with Crippen molar-refractivity contribution < 1.29 is 24.2 Å². The second-order valence-electron chi connectivity index (χ2n) is 6.90. The van der Waals surface area contributed by atoms with Crippen molar-refractivity contribution >= 4 is 11.8 Å². The van der Waals surface area contributed by atoms with Crippen LogP contribution in [0.15, 0.2) is 0 Å². The summed E-state index contributed by atoms with van der Waals surface area (Å²) >= 11 is 0. The van der Waals surface area contributed by atoms with Crippen LogP contribution in [0.5, 0.6) is 0 Å². The number of hydrogen-bond donors (Lipinski definition) is 1. The molecule has 3 unspecified atom stereocenters. The van der Waals surface area contributed by atoms with Gasteiger partial charge in [-0.25, -0.2) is 0 Å². The van der Waals surface area contributed by atoms with Crippen molar-refractivity contribution in [2.75, 3.05) is 0 Å². The highest BCUT2D eigenvalue weighted by Crippen LogP contribution is 2.32. The summed E-state index contributed by atoms with van der Waals surface area (Å²) in [5, 5.41) is 10.3. The highest BCUT2D eigenvalue weighted by Gasteiger charge is 2.46. The van der Waals surface area contributed by atoms with Gasteiger partial charge in [0.2, 0.25) is 5.79 Å². The molecular formula is C18H30O5. The SMILES string of the molecule is CCCCCC1CCCCCC2CC(=O)C(O)(CCC(=O)O1)O2. The predicted molar refractivity (Wildman–Crippen MR) is 85.8 cm³/mol.